The molecule has 0 spiro atoms. The van der Waals surface area contributed by atoms with Crippen molar-refractivity contribution in [3.05, 3.63) is 59.5 Å². The Kier molecular flexibility index (Phi) is 4.49. The number of nitrogens with one attached hydrogen (secondary N) is 1. The number of fused-ring (bicyclic) bond motifs is 1. The molecule has 1 unspecified atom stereocenters. The first-order chi connectivity index (χ1) is 13.8. The van der Waals surface area contributed by atoms with E-state index in [9.17, 15) is 0 Å². The maximum atomic E-state index is 5.77. The van der Waals surface area contributed by atoms with Gasteiger partial charge < -0.3 is 18.9 Å². The van der Waals surface area contributed by atoms with Crippen LogP contribution in [0.5, 0.6) is 11.5 Å². The highest BCUT2D eigenvalue weighted by Crippen LogP contribution is 2.33. The van der Waals surface area contributed by atoms with Gasteiger partial charge in [0.1, 0.15) is 19.3 Å². The lowest BCUT2D eigenvalue weighted by Gasteiger charge is -2.23. The van der Waals surface area contributed by atoms with Gasteiger partial charge in [0, 0.05) is 24.0 Å². The minimum absolute atomic E-state index is 0.407. The van der Waals surface area contributed by atoms with Gasteiger partial charge in [0.25, 0.3) is 5.89 Å². The second-order valence-corrected chi connectivity index (χ2v) is 7.51. The fraction of sp³-hybridized carbons (Fsp3) is 0.364. The smallest absolute Gasteiger partial charge is 0.282 e. The summed E-state index contributed by atoms with van der Waals surface area (Å²) >= 11 is 0. The molecule has 144 valence electrons. The molecule has 1 saturated heterocycles. The highest BCUT2D eigenvalue weighted by molar-refractivity contribution is 5.58. The Morgan fingerprint density at radius 3 is 2.82 bits per heavy atom. The van der Waals surface area contributed by atoms with E-state index in [0.717, 1.165) is 42.1 Å². The highest BCUT2D eigenvalue weighted by Gasteiger charge is 2.32. The van der Waals surface area contributed by atoms with E-state index >= 15 is 0 Å². The molecule has 28 heavy (non-hydrogen) atoms. The van der Waals surface area contributed by atoms with Crippen LogP contribution >= 0.6 is 0 Å². The first kappa shape index (κ1) is 17.3. The fourth-order valence-corrected chi connectivity index (χ4v) is 4.26. The van der Waals surface area contributed by atoms with Crippen LogP contribution < -0.4 is 14.4 Å². The third kappa shape index (κ3) is 3.24. The Labute approximate surface area is 164 Å². The van der Waals surface area contributed by atoms with Crippen LogP contribution in [0, 0.1) is 6.92 Å². The van der Waals surface area contributed by atoms with Crippen LogP contribution in [0.15, 0.2) is 47.0 Å². The largest absolute Gasteiger partial charge is 0.486 e. The van der Waals surface area contributed by atoms with E-state index in [1.165, 1.54) is 16.9 Å². The Hall–Kier alpha value is -2.86. The number of hydrogen-bond donors (Lipinski definition) is 1. The molecule has 3 heterocycles. The van der Waals surface area contributed by atoms with Crippen LogP contribution in [0.4, 0.5) is 0 Å². The van der Waals surface area contributed by atoms with E-state index in [-0.39, 0.29) is 0 Å². The van der Waals surface area contributed by atoms with Gasteiger partial charge in [0.2, 0.25) is 5.82 Å². The predicted octanol–water partition coefficient (Wildman–Crippen LogP) is 2.74. The Bertz CT molecular complexity index is 985. The number of ether oxygens (including phenoxy) is 2. The van der Waals surface area contributed by atoms with Gasteiger partial charge in [-0.05, 0) is 30.7 Å². The van der Waals surface area contributed by atoms with Crippen molar-refractivity contribution in [2.75, 3.05) is 19.8 Å². The van der Waals surface area contributed by atoms with Gasteiger partial charge in [-0.1, -0.05) is 29.4 Å². The number of benzene rings is 2. The summed E-state index contributed by atoms with van der Waals surface area (Å²) in [6, 6.07) is 14.9. The molecule has 1 N–H and O–H groups in total. The van der Waals surface area contributed by atoms with Crippen LogP contribution in [0.25, 0.3) is 11.4 Å². The molecule has 2 aromatic carbocycles. The average Bonchev–Trinajstić information content (AvgIpc) is 3.38. The summed E-state index contributed by atoms with van der Waals surface area (Å²) in [6.45, 7) is 5.13. The molecule has 0 radical (unpaired) electrons. The highest BCUT2D eigenvalue weighted by atomic mass is 16.6. The summed E-state index contributed by atoms with van der Waals surface area (Å²) in [5, 5.41) is 4.21. The van der Waals surface area contributed by atoms with E-state index in [4.69, 9.17) is 14.0 Å². The first-order valence-corrected chi connectivity index (χ1v) is 9.90. The molecule has 6 heteroatoms. The van der Waals surface area contributed by atoms with Gasteiger partial charge in [-0.15, -0.1) is 0 Å². The number of likely N-dealkylation sites (tertiary alicyclic amines) is 1. The van der Waals surface area contributed by atoms with Crippen LogP contribution in [0.1, 0.15) is 35.9 Å². The molecule has 5 rings (SSSR count). The van der Waals surface area contributed by atoms with Gasteiger partial charge >= 0.3 is 0 Å². The van der Waals surface area contributed by atoms with E-state index in [0.29, 0.717) is 31.0 Å². The van der Waals surface area contributed by atoms with Crippen molar-refractivity contribution in [2.45, 2.75) is 32.4 Å². The van der Waals surface area contributed by atoms with Crippen molar-refractivity contribution < 1.29 is 18.9 Å². The molecule has 1 fully saturated rings. The number of quaternary nitrogens is 1. The molecule has 3 aromatic rings. The third-order valence-corrected chi connectivity index (χ3v) is 5.68. The summed E-state index contributed by atoms with van der Waals surface area (Å²) in [4.78, 5) is 6.12. The molecule has 1 aromatic heterocycles. The van der Waals surface area contributed by atoms with Crippen molar-refractivity contribution >= 4 is 0 Å². The van der Waals surface area contributed by atoms with Crippen LogP contribution in [0.3, 0.4) is 0 Å². The van der Waals surface area contributed by atoms with E-state index < -0.39 is 0 Å². The molecular formula is C22H24N3O3+. The van der Waals surface area contributed by atoms with E-state index in [2.05, 4.69) is 35.3 Å². The molecule has 2 atom stereocenters. The summed E-state index contributed by atoms with van der Waals surface area (Å²) in [7, 11) is 0. The quantitative estimate of drug-likeness (QED) is 0.756. The van der Waals surface area contributed by atoms with Crippen molar-refractivity contribution in [3.63, 3.8) is 0 Å². The maximum Gasteiger partial charge on any atom is 0.282 e. The monoisotopic (exact) mass is 378 g/mol. The Morgan fingerprint density at radius 1 is 1.07 bits per heavy atom. The summed E-state index contributed by atoms with van der Waals surface area (Å²) < 4.78 is 17.0. The first-order valence-electron chi connectivity index (χ1n) is 9.90. The SMILES string of the molecule is Cc1ccccc1-c1noc(C[NH+]2CCC[C@@H]2c2ccc3c(c2)OCCO3)n1. The summed E-state index contributed by atoms with van der Waals surface area (Å²) in [5.74, 6) is 3.06. The van der Waals surface area contributed by atoms with E-state index in [1.807, 2.05) is 24.3 Å². The molecule has 2 aliphatic rings. The number of aryl methyl sites for hydroxylation is 1. The minimum Gasteiger partial charge on any atom is -0.486 e. The maximum absolute atomic E-state index is 5.77. The predicted molar refractivity (Wildman–Crippen MR) is 103 cm³/mol. The second-order valence-electron chi connectivity index (χ2n) is 7.51. The average molecular weight is 378 g/mol. The number of nitrogens with zero attached hydrogens (tertiary/aromatic N) is 2. The zero-order valence-corrected chi connectivity index (χ0v) is 16.0. The van der Waals surface area contributed by atoms with Crippen LogP contribution in [0.2, 0.25) is 0 Å². The summed E-state index contributed by atoms with van der Waals surface area (Å²) in [6.07, 6.45) is 2.33. The van der Waals surface area contributed by atoms with Crippen molar-refractivity contribution in [3.8, 4) is 22.9 Å². The van der Waals surface area contributed by atoms with Crippen molar-refractivity contribution in [2.24, 2.45) is 0 Å². The molecule has 0 aliphatic carbocycles. The lowest BCUT2D eigenvalue weighted by Crippen LogP contribution is -3.09. The Balaban J connectivity index is 1.35. The summed E-state index contributed by atoms with van der Waals surface area (Å²) in [5.41, 5.74) is 3.46. The van der Waals surface area contributed by atoms with Crippen molar-refractivity contribution in [1.29, 1.82) is 0 Å². The number of hydrogen-bond acceptors (Lipinski definition) is 5. The van der Waals surface area contributed by atoms with Gasteiger partial charge in [0.05, 0.1) is 6.54 Å². The van der Waals surface area contributed by atoms with Gasteiger partial charge in [-0.3, -0.25) is 0 Å². The van der Waals surface area contributed by atoms with Crippen LogP contribution in [-0.4, -0.2) is 29.9 Å². The number of rotatable bonds is 4. The molecule has 0 amide bonds. The zero-order chi connectivity index (χ0) is 18.9. The normalized spacial score (nSPS) is 21.0. The second kappa shape index (κ2) is 7.28. The standard InChI is InChI=1S/C22H23N3O3/c1-15-5-2-3-6-17(15)22-23-21(28-24-22)14-25-10-4-7-18(25)16-8-9-19-20(13-16)27-12-11-26-19/h2-3,5-6,8-9,13,18H,4,7,10-12,14H2,1H3/p+1/t18-/m1/s1. The topological polar surface area (TPSA) is 61.8 Å². The molecule has 0 saturated carbocycles. The third-order valence-electron chi connectivity index (χ3n) is 5.68. The fourth-order valence-electron chi connectivity index (χ4n) is 4.26. The van der Waals surface area contributed by atoms with Gasteiger partial charge in [0.15, 0.2) is 18.0 Å². The van der Waals surface area contributed by atoms with Gasteiger partial charge in [-0.25, -0.2) is 0 Å². The molecule has 0 bridgehead atoms. The van der Waals surface area contributed by atoms with Crippen LogP contribution in [-0.2, 0) is 6.54 Å². The molecular weight excluding hydrogens is 354 g/mol. The van der Waals surface area contributed by atoms with Crippen molar-refractivity contribution in [1.82, 2.24) is 10.1 Å². The lowest BCUT2D eigenvalue weighted by atomic mass is 10.0. The molecule has 6 nitrogen and oxygen atoms in total. The minimum atomic E-state index is 0.407. The van der Waals surface area contributed by atoms with E-state index in [1.54, 1.807) is 0 Å². The molecule has 2 aliphatic heterocycles. The Morgan fingerprint density at radius 2 is 1.93 bits per heavy atom. The zero-order valence-electron chi connectivity index (χ0n) is 16.0. The van der Waals surface area contributed by atoms with Gasteiger partial charge in [-0.2, -0.15) is 4.98 Å². The number of aromatic nitrogens is 2. The lowest BCUT2D eigenvalue weighted by molar-refractivity contribution is -0.933.